The van der Waals surface area contributed by atoms with Crippen LogP contribution in [0.3, 0.4) is 0 Å². The second-order valence-electron chi connectivity index (χ2n) is 5.85. The van der Waals surface area contributed by atoms with E-state index < -0.39 is 17.6 Å². The number of carbonyl (C=O) groups is 1. The Kier molecular flexibility index (Phi) is 5.53. The summed E-state index contributed by atoms with van der Waals surface area (Å²) in [6, 6.07) is 0.902. The van der Waals surface area contributed by atoms with Crippen molar-refractivity contribution in [1.82, 2.24) is 19.5 Å². The molecule has 7 nitrogen and oxygen atoms in total. The number of aromatic nitrogens is 3. The number of hydrogen-bond acceptors (Lipinski definition) is 5. The molecule has 0 bridgehead atoms. The molecule has 1 amide bonds. The average molecular weight is 394 g/mol. The molecule has 0 saturated carbocycles. The van der Waals surface area contributed by atoms with Crippen LogP contribution in [0.25, 0.3) is 11.4 Å². The van der Waals surface area contributed by atoms with Crippen molar-refractivity contribution in [3.8, 4) is 0 Å². The first-order valence-electron chi connectivity index (χ1n) is 8.37. The molecule has 1 saturated heterocycles. The number of fused-ring (bicyclic) bond motifs is 1. The zero-order valence-electron chi connectivity index (χ0n) is 15.0. The molecule has 0 radical (unpaired) electrons. The molecule has 3 heterocycles. The molecule has 148 valence electrons. The van der Waals surface area contributed by atoms with E-state index in [1.54, 1.807) is 6.92 Å². The van der Waals surface area contributed by atoms with Gasteiger partial charge in [-0.15, -0.1) is 10.2 Å². The molecule has 0 atom stereocenters. The van der Waals surface area contributed by atoms with Crippen molar-refractivity contribution in [3.05, 3.63) is 53.9 Å². The third kappa shape index (κ3) is 3.78. The summed E-state index contributed by atoms with van der Waals surface area (Å²) in [6.07, 6.45) is -1.24. The molecule has 0 spiro atoms. The maximum absolute atomic E-state index is 13.5. The highest BCUT2D eigenvalue weighted by Crippen LogP contribution is 2.33. The van der Waals surface area contributed by atoms with Crippen molar-refractivity contribution < 1.29 is 27.4 Å². The van der Waals surface area contributed by atoms with Crippen molar-refractivity contribution in [2.45, 2.75) is 13.1 Å². The highest BCUT2D eigenvalue weighted by atomic mass is 19.4. The van der Waals surface area contributed by atoms with Gasteiger partial charge in [-0.25, -0.2) is 0 Å². The van der Waals surface area contributed by atoms with Crippen LogP contribution in [0.2, 0.25) is 0 Å². The summed E-state index contributed by atoms with van der Waals surface area (Å²) in [5, 5.41) is 7.77. The molecule has 2 aromatic rings. The molecule has 0 aromatic carbocycles. The van der Waals surface area contributed by atoms with Crippen LogP contribution in [0.4, 0.5) is 13.2 Å². The molecular weight excluding hydrogens is 377 g/mol. The van der Waals surface area contributed by atoms with Crippen LogP contribution in [0.5, 0.6) is 0 Å². The Morgan fingerprint density at radius 3 is 2.68 bits per heavy atom. The van der Waals surface area contributed by atoms with E-state index in [1.165, 1.54) is 11.0 Å². The Hall–Kier alpha value is -3.10. The number of ether oxygens (including phenoxy) is 2. The van der Waals surface area contributed by atoms with Crippen LogP contribution >= 0.6 is 0 Å². The molecule has 0 unspecified atom stereocenters. The number of morpholine rings is 1. The van der Waals surface area contributed by atoms with Crippen LogP contribution in [0, 0.1) is 0 Å². The monoisotopic (exact) mass is 394 g/mol. The first-order valence-corrected chi connectivity index (χ1v) is 8.37. The lowest BCUT2D eigenvalue weighted by Crippen LogP contribution is -2.41. The number of halogens is 3. The minimum atomic E-state index is -4.64. The van der Waals surface area contributed by atoms with E-state index in [4.69, 9.17) is 9.47 Å². The van der Waals surface area contributed by atoms with Gasteiger partial charge in [0.15, 0.2) is 5.65 Å². The quantitative estimate of drug-likeness (QED) is 0.589. The van der Waals surface area contributed by atoms with Gasteiger partial charge in [0.25, 0.3) is 5.91 Å². The molecule has 3 rings (SSSR count). The Bertz CT molecular complexity index is 968. The Balaban J connectivity index is 2.17. The molecule has 1 fully saturated rings. The summed E-state index contributed by atoms with van der Waals surface area (Å²) >= 11 is 0. The molecule has 2 aromatic heterocycles. The molecule has 1 aliphatic heterocycles. The number of hydrogen-bond donors (Lipinski definition) is 0. The van der Waals surface area contributed by atoms with Gasteiger partial charge in [-0.05, 0) is 19.1 Å². The van der Waals surface area contributed by atoms with Gasteiger partial charge >= 0.3 is 6.18 Å². The maximum Gasteiger partial charge on any atom is 0.417 e. The van der Waals surface area contributed by atoms with Gasteiger partial charge in [0.2, 0.25) is 5.82 Å². The van der Waals surface area contributed by atoms with Crippen LogP contribution in [-0.4, -0.2) is 51.7 Å². The molecule has 0 aliphatic carbocycles. The number of allylic oxidation sites excluding steroid dienone is 1. The fraction of sp³-hybridized carbons (Fsp3) is 0.333. The number of carbonyl (C=O) groups excluding carboxylic acids is 1. The van der Waals surface area contributed by atoms with Crippen molar-refractivity contribution in [2.24, 2.45) is 0 Å². The summed E-state index contributed by atoms with van der Waals surface area (Å²) in [5.41, 5.74) is 1.53. The van der Waals surface area contributed by atoms with Gasteiger partial charge in [0, 0.05) is 19.3 Å². The van der Waals surface area contributed by atoms with Gasteiger partial charge in [0.1, 0.15) is 12.0 Å². The Morgan fingerprint density at radius 2 is 2.07 bits per heavy atom. The lowest BCUT2D eigenvalue weighted by atomic mass is 10.1. The standard InChI is InChI=1S/C18H17F3N4O3/c1-3-7-28-14(4-2)13-10-12(18(19,20)21)11-25-15(13)22-23-16(25)17(26)24-5-8-27-9-6-24/h4,7,10-11H,1,5-6,8-9H2,2H3/b14-4-. The Morgan fingerprint density at radius 1 is 1.36 bits per heavy atom. The topological polar surface area (TPSA) is 69.0 Å². The van der Waals surface area contributed by atoms with Crippen LogP contribution < -0.4 is 0 Å². The Labute approximate surface area is 158 Å². The number of rotatable bonds is 4. The van der Waals surface area contributed by atoms with Crippen LogP contribution in [0.1, 0.15) is 28.7 Å². The van der Waals surface area contributed by atoms with Gasteiger partial charge in [-0.1, -0.05) is 12.3 Å². The van der Waals surface area contributed by atoms with E-state index in [2.05, 4.69) is 22.5 Å². The van der Waals surface area contributed by atoms with Gasteiger partial charge < -0.3 is 14.4 Å². The average Bonchev–Trinajstić information content (AvgIpc) is 3.12. The van der Waals surface area contributed by atoms with Crippen LogP contribution in [0.15, 0.2) is 36.9 Å². The predicted octanol–water partition coefficient (Wildman–Crippen LogP) is 2.90. The number of nitrogens with zero attached hydrogens (tertiary/aromatic N) is 4. The lowest BCUT2D eigenvalue weighted by molar-refractivity contribution is -0.137. The van der Waals surface area contributed by atoms with Gasteiger partial charge in [-0.2, -0.15) is 13.2 Å². The summed E-state index contributed by atoms with van der Waals surface area (Å²) < 4.78 is 51.9. The zero-order chi connectivity index (χ0) is 20.3. The van der Waals surface area contributed by atoms with Crippen molar-refractivity contribution in [3.63, 3.8) is 0 Å². The fourth-order valence-corrected chi connectivity index (χ4v) is 2.78. The molecule has 28 heavy (non-hydrogen) atoms. The van der Waals surface area contributed by atoms with Gasteiger partial charge in [0.05, 0.1) is 24.3 Å². The zero-order valence-corrected chi connectivity index (χ0v) is 15.0. The summed E-state index contributed by atoms with van der Waals surface area (Å²) in [6.45, 7) is 6.31. The van der Waals surface area contributed by atoms with E-state index in [0.29, 0.717) is 26.3 Å². The normalized spacial score (nSPS) is 15.4. The third-order valence-electron chi connectivity index (χ3n) is 4.12. The highest BCUT2D eigenvalue weighted by Gasteiger charge is 2.34. The van der Waals surface area contributed by atoms with E-state index in [0.717, 1.165) is 22.9 Å². The predicted molar refractivity (Wildman–Crippen MR) is 93.2 cm³/mol. The first-order chi connectivity index (χ1) is 13.4. The van der Waals surface area contributed by atoms with Crippen molar-refractivity contribution in [2.75, 3.05) is 26.3 Å². The van der Waals surface area contributed by atoms with Crippen LogP contribution in [-0.2, 0) is 15.7 Å². The number of pyridine rings is 1. The largest absolute Gasteiger partial charge is 0.456 e. The summed E-state index contributed by atoms with van der Waals surface area (Å²) in [5.74, 6) is -0.626. The summed E-state index contributed by atoms with van der Waals surface area (Å²) in [7, 11) is 0. The van der Waals surface area contributed by atoms with E-state index >= 15 is 0 Å². The molecule has 0 N–H and O–H groups in total. The second-order valence-corrected chi connectivity index (χ2v) is 5.85. The minimum absolute atomic E-state index is 0.0392. The third-order valence-corrected chi connectivity index (χ3v) is 4.12. The van der Waals surface area contributed by atoms with E-state index in [-0.39, 0.29) is 22.8 Å². The number of alkyl halides is 3. The minimum Gasteiger partial charge on any atom is -0.456 e. The smallest absolute Gasteiger partial charge is 0.417 e. The molecule has 1 aliphatic rings. The number of amides is 1. The maximum atomic E-state index is 13.5. The fourth-order valence-electron chi connectivity index (χ4n) is 2.78. The summed E-state index contributed by atoms with van der Waals surface area (Å²) in [4.78, 5) is 14.2. The van der Waals surface area contributed by atoms with Crippen molar-refractivity contribution in [1.29, 1.82) is 0 Å². The highest BCUT2D eigenvalue weighted by molar-refractivity contribution is 5.92. The molecular formula is C18H17F3N4O3. The first kappa shape index (κ1) is 19.7. The second kappa shape index (κ2) is 7.87. The van der Waals surface area contributed by atoms with Gasteiger partial charge in [-0.3, -0.25) is 9.20 Å². The SMILES string of the molecule is C=C=CO/C(=C\C)c1cc(C(F)(F)F)cn2c(C(=O)N3CCOCC3)nnc12. The lowest BCUT2D eigenvalue weighted by Gasteiger charge is -2.26. The van der Waals surface area contributed by atoms with E-state index in [1.807, 2.05) is 0 Å². The molecule has 10 heteroatoms. The van der Waals surface area contributed by atoms with Crippen molar-refractivity contribution >= 4 is 17.3 Å². The van der Waals surface area contributed by atoms with E-state index in [9.17, 15) is 18.0 Å².